The predicted molar refractivity (Wildman–Crippen MR) is 71.3 cm³/mol. The Morgan fingerprint density at radius 2 is 2.18 bits per heavy atom. The maximum absolute atomic E-state index is 5.85. The van der Waals surface area contributed by atoms with E-state index in [4.69, 9.17) is 4.74 Å². The Morgan fingerprint density at radius 1 is 1.29 bits per heavy atom. The molecule has 1 atom stereocenters. The van der Waals surface area contributed by atoms with Crippen LogP contribution < -0.4 is 5.32 Å². The summed E-state index contributed by atoms with van der Waals surface area (Å²) in [4.78, 5) is 2.56. The molecule has 1 aliphatic heterocycles. The summed E-state index contributed by atoms with van der Waals surface area (Å²) in [5, 5.41) is 3.57. The zero-order valence-corrected chi connectivity index (χ0v) is 11.3. The second-order valence-corrected chi connectivity index (χ2v) is 5.58. The summed E-state index contributed by atoms with van der Waals surface area (Å²) in [5.74, 6) is 0.997. The van der Waals surface area contributed by atoms with Gasteiger partial charge < -0.3 is 10.1 Å². The quantitative estimate of drug-likeness (QED) is 0.656. The molecule has 0 aromatic carbocycles. The molecule has 1 heterocycles. The van der Waals surface area contributed by atoms with Gasteiger partial charge >= 0.3 is 0 Å². The van der Waals surface area contributed by atoms with Gasteiger partial charge in [-0.05, 0) is 51.1 Å². The molecule has 0 amide bonds. The van der Waals surface area contributed by atoms with Crippen molar-refractivity contribution in [1.82, 2.24) is 10.2 Å². The van der Waals surface area contributed by atoms with E-state index in [1.807, 2.05) is 0 Å². The van der Waals surface area contributed by atoms with Crippen molar-refractivity contribution in [2.24, 2.45) is 5.92 Å². The first-order chi connectivity index (χ1) is 8.38. The van der Waals surface area contributed by atoms with Gasteiger partial charge in [-0.15, -0.1) is 0 Å². The van der Waals surface area contributed by atoms with Crippen molar-refractivity contribution in [2.75, 3.05) is 39.3 Å². The van der Waals surface area contributed by atoms with Crippen LogP contribution in [0.2, 0.25) is 0 Å². The van der Waals surface area contributed by atoms with Crippen molar-refractivity contribution in [3.8, 4) is 0 Å². The SMILES string of the molecule is CCCOC1CCCN(CCNCC2CC2)C1. The fraction of sp³-hybridized carbons (Fsp3) is 1.00. The maximum atomic E-state index is 5.85. The van der Waals surface area contributed by atoms with Gasteiger partial charge in [0.2, 0.25) is 0 Å². The normalized spacial score (nSPS) is 26.3. The first-order valence-electron chi connectivity index (χ1n) is 7.43. The van der Waals surface area contributed by atoms with E-state index in [2.05, 4.69) is 17.1 Å². The largest absolute Gasteiger partial charge is 0.377 e. The molecule has 1 saturated carbocycles. The van der Waals surface area contributed by atoms with Crippen molar-refractivity contribution >= 4 is 0 Å². The minimum absolute atomic E-state index is 0.493. The van der Waals surface area contributed by atoms with E-state index >= 15 is 0 Å². The first-order valence-corrected chi connectivity index (χ1v) is 7.43. The molecule has 0 aromatic heterocycles. The lowest BCUT2D eigenvalue weighted by Gasteiger charge is -2.32. The lowest BCUT2D eigenvalue weighted by molar-refractivity contribution is 0.000368. The van der Waals surface area contributed by atoms with Crippen LogP contribution in [0.1, 0.15) is 39.0 Å². The molecule has 2 fully saturated rings. The number of nitrogens with zero attached hydrogens (tertiary/aromatic N) is 1. The van der Waals surface area contributed by atoms with E-state index in [0.29, 0.717) is 6.10 Å². The topological polar surface area (TPSA) is 24.5 Å². The Morgan fingerprint density at radius 3 is 2.94 bits per heavy atom. The highest BCUT2D eigenvalue weighted by Gasteiger charge is 2.21. The fourth-order valence-corrected chi connectivity index (χ4v) is 2.50. The summed E-state index contributed by atoms with van der Waals surface area (Å²) >= 11 is 0. The van der Waals surface area contributed by atoms with Crippen LogP contribution in [0.5, 0.6) is 0 Å². The number of nitrogens with one attached hydrogen (secondary N) is 1. The Labute approximate surface area is 106 Å². The van der Waals surface area contributed by atoms with E-state index < -0.39 is 0 Å². The van der Waals surface area contributed by atoms with E-state index in [1.165, 1.54) is 45.3 Å². The number of piperidine rings is 1. The van der Waals surface area contributed by atoms with Crippen LogP contribution in [0, 0.1) is 5.92 Å². The molecular weight excluding hydrogens is 212 g/mol. The van der Waals surface area contributed by atoms with Gasteiger partial charge in [0.1, 0.15) is 0 Å². The monoisotopic (exact) mass is 240 g/mol. The Kier molecular flexibility index (Phi) is 5.75. The minimum Gasteiger partial charge on any atom is -0.377 e. The van der Waals surface area contributed by atoms with Gasteiger partial charge in [0.25, 0.3) is 0 Å². The summed E-state index contributed by atoms with van der Waals surface area (Å²) in [5.41, 5.74) is 0. The van der Waals surface area contributed by atoms with Crippen LogP contribution in [0.4, 0.5) is 0 Å². The number of ether oxygens (including phenoxy) is 1. The predicted octanol–water partition coefficient (Wildman–Crippen LogP) is 1.88. The number of hydrogen-bond acceptors (Lipinski definition) is 3. The van der Waals surface area contributed by atoms with Crippen molar-refractivity contribution in [3.63, 3.8) is 0 Å². The molecule has 0 radical (unpaired) electrons. The van der Waals surface area contributed by atoms with Gasteiger partial charge in [-0.2, -0.15) is 0 Å². The van der Waals surface area contributed by atoms with E-state index in [0.717, 1.165) is 32.0 Å². The first kappa shape index (κ1) is 13.3. The Balaban J connectivity index is 1.52. The highest BCUT2D eigenvalue weighted by molar-refractivity contribution is 4.77. The standard InChI is InChI=1S/C14H28N2O/c1-2-10-17-14-4-3-8-16(12-14)9-7-15-11-13-5-6-13/h13-15H,2-12H2,1H3. The number of rotatable bonds is 8. The van der Waals surface area contributed by atoms with E-state index in [9.17, 15) is 0 Å². The van der Waals surface area contributed by atoms with Crippen LogP contribution in [-0.2, 0) is 4.74 Å². The highest BCUT2D eigenvalue weighted by Crippen LogP contribution is 2.27. The molecule has 1 N–H and O–H groups in total. The van der Waals surface area contributed by atoms with Crippen LogP contribution in [0.25, 0.3) is 0 Å². The van der Waals surface area contributed by atoms with Gasteiger partial charge in [-0.25, -0.2) is 0 Å². The third kappa shape index (κ3) is 5.36. The Hall–Kier alpha value is -0.120. The third-order valence-electron chi connectivity index (χ3n) is 3.75. The van der Waals surface area contributed by atoms with Gasteiger partial charge in [0, 0.05) is 26.2 Å². The van der Waals surface area contributed by atoms with Crippen molar-refractivity contribution < 1.29 is 4.74 Å². The van der Waals surface area contributed by atoms with Crippen LogP contribution in [0.3, 0.4) is 0 Å². The Bertz CT molecular complexity index is 206. The molecule has 17 heavy (non-hydrogen) atoms. The van der Waals surface area contributed by atoms with Gasteiger partial charge in [-0.3, -0.25) is 4.90 Å². The molecule has 3 heteroatoms. The zero-order chi connectivity index (χ0) is 11.9. The van der Waals surface area contributed by atoms with Crippen LogP contribution >= 0.6 is 0 Å². The second kappa shape index (κ2) is 7.34. The van der Waals surface area contributed by atoms with E-state index in [1.54, 1.807) is 0 Å². The zero-order valence-electron chi connectivity index (χ0n) is 11.3. The van der Waals surface area contributed by atoms with Gasteiger partial charge in [-0.1, -0.05) is 6.92 Å². The van der Waals surface area contributed by atoms with Crippen molar-refractivity contribution in [3.05, 3.63) is 0 Å². The van der Waals surface area contributed by atoms with E-state index in [-0.39, 0.29) is 0 Å². The summed E-state index contributed by atoms with van der Waals surface area (Å²) in [6.45, 7) is 9.10. The molecule has 1 saturated heterocycles. The lowest BCUT2D eigenvalue weighted by Crippen LogP contribution is -2.43. The molecule has 0 spiro atoms. The number of likely N-dealkylation sites (tertiary alicyclic amines) is 1. The molecule has 0 aromatic rings. The van der Waals surface area contributed by atoms with Crippen LogP contribution in [0.15, 0.2) is 0 Å². The van der Waals surface area contributed by atoms with Crippen molar-refractivity contribution in [2.45, 2.75) is 45.1 Å². The average Bonchev–Trinajstić information content (AvgIpc) is 3.17. The maximum Gasteiger partial charge on any atom is 0.0702 e. The van der Waals surface area contributed by atoms with Gasteiger partial charge in [0.05, 0.1) is 6.10 Å². The smallest absolute Gasteiger partial charge is 0.0702 e. The molecule has 100 valence electrons. The fourth-order valence-electron chi connectivity index (χ4n) is 2.50. The minimum atomic E-state index is 0.493. The average molecular weight is 240 g/mol. The van der Waals surface area contributed by atoms with Gasteiger partial charge in [0.15, 0.2) is 0 Å². The number of hydrogen-bond donors (Lipinski definition) is 1. The molecule has 0 bridgehead atoms. The van der Waals surface area contributed by atoms with Crippen LogP contribution in [-0.4, -0.2) is 50.3 Å². The molecule has 3 nitrogen and oxygen atoms in total. The summed E-state index contributed by atoms with van der Waals surface area (Å²) < 4.78 is 5.85. The molecule has 1 aliphatic carbocycles. The highest BCUT2D eigenvalue weighted by atomic mass is 16.5. The summed E-state index contributed by atoms with van der Waals surface area (Å²) in [7, 11) is 0. The summed E-state index contributed by atoms with van der Waals surface area (Å²) in [6.07, 6.45) is 7.09. The third-order valence-corrected chi connectivity index (χ3v) is 3.75. The molecule has 2 aliphatic rings. The van der Waals surface area contributed by atoms with Crippen molar-refractivity contribution in [1.29, 1.82) is 0 Å². The summed E-state index contributed by atoms with van der Waals surface area (Å²) in [6, 6.07) is 0. The molecule has 1 unspecified atom stereocenters. The lowest BCUT2D eigenvalue weighted by atomic mass is 10.1. The molecular formula is C14H28N2O. The molecule has 2 rings (SSSR count). The second-order valence-electron chi connectivity index (χ2n) is 5.58.